The third-order valence-electron chi connectivity index (χ3n) is 17.2. The molecule has 6 unspecified atom stereocenters. The molecular weight excluding hydrogens is 1520 g/mol. The summed E-state index contributed by atoms with van der Waals surface area (Å²) in [4.78, 5) is 172. The lowest BCUT2D eigenvalue weighted by Crippen LogP contribution is -2.49. The number of methoxy groups -OCH3 is 1. The van der Waals surface area contributed by atoms with Crippen LogP contribution in [0.25, 0.3) is 11.0 Å². The number of thioether (sulfide) groups is 2. The average molecular weight is 1590 g/mol. The van der Waals surface area contributed by atoms with Crippen molar-refractivity contribution in [2.45, 2.75) is 113 Å². The van der Waals surface area contributed by atoms with Crippen LogP contribution in [0.2, 0.25) is 0 Å². The summed E-state index contributed by atoms with van der Waals surface area (Å²) in [6.45, 7) is 0.0933. The number of carbonyl (C=O) groups is 5. The monoisotopic (exact) mass is 1590 g/mol. The highest BCUT2D eigenvalue weighted by molar-refractivity contribution is 8.26. The van der Waals surface area contributed by atoms with Crippen molar-refractivity contribution >= 4 is 94.0 Å². The molecule has 46 heteroatoms. The van der Waals surface area contributed by atoms with Gasteiger partial charge in [-0.25, -0.2) is 28.7 Å². The van der Waals surface area contributed by atoms with Gasteiger partial charge in [0.1, 0.15) is 84.2 Å². The minimum absolute atomic E-state index is 0.0181. The smallest absolute Gasteiger partial charge is 0.390 e. The highest BCUT2D eigenvalue weighted by Crippen LogP contribution is 2.52. The summed E-state index contributed by atoms with van der Waals surface area (Å²) in [7, 11) is -9.56. The maximum absolute atomic E-state index is 14.2. The summed E-state index contributed by atoms with van der Waals surface area (Å²) in [5.74, 6) is 15.5. The van der Waals surface area contributed by atoms with Gasteiger partial charge in [-0.1, -0.05) is 35.5 Å². The first-order valence-electron chi connectivity index (χ1n) is 32.6. The van der Waals surface area contributed by atoms with E-state index in [4.69, 9.17) is 53.2 Å². The number of hydrogen-bond acceptors (Lipinski definition) is 32. The molecule has 4 aromatic heterocycles. The number of amides is 3. The zero-order chi connectivity index (χ0) is 78.3. The van der Waals surface area contributed by atoms with E-state index in [-0.39, 0.29) is 102 Å². The van der Waals surface area contributed by atoms with Crippen LogP contribution >= 0.6 is 39.2 Å². The largest absolute Gasteiger partial charge is 0.472 e. The number of aromatic nitrogens is 7. The number of carbonyl (C=O) groups excluding carboxylic acids is 5. The maximum Gasteiger partial charge on any atom is 0.472 e. The molecule has 11 rings (SSSR count). The number of anilines is 1. The molecule has 15 atom stereocenters. The Morgan fingerprint density at radius 1 is 0.716 bits per heavy atom. The lowest BCUT2D eigenvalue weighted by atomic mass is 10.0. The Hall–Kier alpha value is -9.95. The lowest BCUT2D eigenvalue weighted by Gasteiger charge is -2.25. The zero-order valence-corrected chi connectivity index (χ0v) is 60.4. The van der Waals surface area contributed by atoms with E-state index in [0.29, 0.717) is 23.5 Å². The van der Waals surface area contributed by atoms with Gasteiger partial charge in [-0.2, -0.15) is 0 Å². The molecule has 5 fully saturated rings. The Morgan fingerprint density at radius 3 is 1.82 bits per heavy atom. The predicted molar refractivity (Wildman–Crippen MR) is 377 cm³/mol. The van der Waals surface area contributed by atoms with Crippen LogP contribution in [0.4, 0.5) is 26.8 Å². The van der Waals surface area contributed by atoms with Crippen molar-refractivity contribution in [3.05, 3.63) is 162 Å². The quantitative estimate of drug-likeness (QED) is 0.0160. The van der Waals surface area contributed by atoms with Crippen LogP contribution in [-0.2, 0) is 65.3 Å². The van der Waals surface area contributed by atoms with Gasteiger partial charge in [0.2, 0.25) is 16.1 Å². The van der Waals surface area contributed by atoms with Crippen LogP contribution in [0.1, 0.15) is 103 Å². The first-order valence-corrected chi connectivity index (χ1v) is 37.2. The normalized spacial score (nSPS) is 24.2. The van der Waals surface area contributed by atoms with E-state index >= 15 is 0 Å². The molecule has 13 N–H and O–H groups in total. The standard InChI is InChI=1S/C63H65N15O27P2S2/c1-30(71-39-21-67-62(87)108-58(39)83)37-12-8-32(15-40(37)77(89)90)6-10-34-23-74(55-53(34)54(65)69-29-70-55)50-17-42(79)46(101-50)27-98-106(93,94)105-44-19-52(76-25-36(57(82)73-61(76)86)11-7-33-9-13-38(41(16-33)78(91)92)31(2)100-45-22-68-63(88)109-59(45)84)103-48(44)28-99-107(95,96)104-43-18-51(102-47(43)26-97-3)75-24-35(56(81)72-60(75)85)5-4-14-66-49(80)20-64/h8-9,12-13,15-16,23-25,29-31,39,42-48,50-52,71,79H,14,17-22,26-28,64H2,1-3H3,(H,66,80)(H,67,87)(H,68,88)(H,93,94)(H,95,96)(H2,65,69,70)(H,72,81,85)(H,73,82,86)/t30?,31?,39?,42-,43-,44-,45?,46+,47+,48+,50+,51+,52+/m0/s1. The highest BCUT2D eigenvalue weighted by Gasteiger charge is 2.47. The molecule has 0 radical (unpaired) electrons. The van der Waals surface area contributed by atoms with Gasteiger partial charge in [-0.15, -0.1) is 0 Å². The molecule has 109 heavy (non-hydrogen) atoms. The number of nitro benzene ring substituents is 2. The van der Waals surface area contributed by atoms with Crippen molar-refractivity contribution < 1.29 is 99.6 Å². The maximum atomic E-state index is 14.2. The molecule has 6 aromatic rings. The van der Waals surface area contributed by atoms with Crippen molar-refractivity contribution in [1.82, 2.24) is 54.9 Å². The van der Waals surface area contributed by atoms with Crippen LogP contribution in [0.5, 0.6) is 0 Å². The van der Waals surface area contributed by atoms with E-state index in [9.17, 15) is 87.4 Å². The van der Waals surface area contributed by atoms with Gasteiger partial charge in [-0.05, 0) is 38.1 Å². The second kappa shape index (κ2) is 34.3. The molecule has 0 bridgehead atoms. The third-order valence-corrected chi connectivity index (χ3v) is 20.8. The van der Waals surface area contributed by atoms with Crippen molar-refractivity contribution in [2.24, 2.45) is 5.73 Å². The summed E-state index contributed by atoms with van der Waals surface area (Å²) in [6, 6.07) is 6.38. The van der Waals surface area contributed by atoms with Crippen LogP contribution in [-0.4, -0.2) is 187 Å². The number of aliphatic hydroxyl groups excluding tert-OH is 1. The molecular formula is C63H65N15O27P2S2. The minimum Gasteiger partial charge on any atom is -0.390 e. The third kappa shape index (κ3) is 19.4. The topological polar surface area (TPSA) is 590 Å². The number of phosphoric ester groups is 2. The molecule has 0 spiro atoms. The van der Waals surface area contributed by atoms with Crippen molar-refractivity contribution in [1.29, 1.82) is 0 Å². The number of nitro groups is 2. The van der Waals surface area contributed by atoms with E-state index < -0.39 is 185 Å². The Bertz CT molecular complexity index is 5200. The molecule has 0 saturated carbocycles. The summed E-state index contributed by atoms with van der Waals surface area (Å²) >= 11 is 0.867. The molecule has 5 aliphatic rings. The fourth-order valence-electron chi connectivity index (χ4n) is 12.0. The minimum atomic E-state index is -5.44. The van der Waals surface area contributed by atoms with E-state index in [1.54, 1.807) is 6.92 Å². The number of benzene rings is 2. The van der Waals surface area contributed by atoms with Gasteiger partial charge in [0.25, 0.3) is 33.0 Å². The highest BCUT2D eigenvalue weighted by atomic mass is 32.2. The number of phosphoric acid groups is 2. The fourth-order valence-corrected chi connectivity index (χ4v) is 15.1. The lowest BCUT2D eigenvalue weighted by molar-refractivity contribution is -0.386. The van der Waals surface area contributed by atoms with Crippen molar-refractivity contribution in [3.8, 4) is 35.5 Å². The number of fused-ring (bicyclic) bond motifs is 1. The Morgan fingerprint density at radius 2 is 1.24 bits per heavy atom. The van der Waals surface area contributed by atoms with Gasteiger partial charge in [-0.3, -0.25) is 96.3 Å². The van der Waals surface area contributed by atoms with Crippen LogP contribution in [0, 0.1) is 55.8 Å². The van der Waals surface area contributed by atoms with Gasteiger partial charge < -0.3 is 70.6 Å². The fraction of sp³-hybridized carbons (Fsp3) is 0.413. The summed E-state index contributed by atoms with van der Waals surface area (Å²) in [5.41, 5.74) is 6.77. The molecule has 0 aliphatic carbocycles. The number of nitrogens with one attached hydrogen (secondary N) is 6. The SMILES string of the molecule is COC[C@H]1O[C@@H](n2cc(C#CCNC(=O)CN)c(=O)[nH]c2=O)C[C@@H]1OP(=O)(O)OC[C@H]1O[C@@H](n2cc(C#Cc3ccc(C(C)OC4CNC(=O)SC4=O)c([N+](=O)[O-])c3)c(=O)[nH]c2=O)C[C@@H]1OP(=O)(O)OC[C@H]1O[C@@H](n2cc(C#Cc3ccc(C(C)NC4CNC(=O)SC4=O)c([N+](=O)[O-])c3)c3c(N)ncnc32)C[C@@H]1O. The van der Waals surface area contributed by atoms with Gasteiger partial charge in [0.05, 0.1) is 84.1 Å². The second-order valence-electron chi connectivity index (χ2n) is 24.5. The number of nitrogen functional groups attached to an aromatic ring is 1. The Kier molecular flexibility index (Phi) is 25.2. The second-order valence-corrected chi connectivity index (χ2v) is 29.3. The molecule has 5 saturated heterocycles. The number of aliphatic hydroxyl groups is 1. The molecule has 9 heterocycles. The van der Waals surface area contributed by atoms with Crippen LogP contribution in [0.3, 0.4) is 0 Å². The van der Waals surface area contributed by atoms with Gasteiger partial charge in [0.15, 0.2) is 0 Å². The summed E-state index contributed by atoms with van der Waals surface area (Å²) < 4.78 is 82.8. The Labute approximate surface area is 620 Å². The summed E-state index contributed by atoms with van der Waals surface area (Å²) in [5, 5.41) is 44.6. The molecule has 2 aromatic carbocycles. The van der Waals surface area contributed by atoms with Crippen LogP contribution < -0.4 is 55.2 Å². The number of ether oxygens (including phenoxy) is 5. The molecule has 576 valence electrons. The van der Waals surface area contributed by atoms with Gasteiger partial charge >= 0.3 is 27.0 Å². The number of nitrogens with zero attached hydrogens (tertiary/aromatic N) is 7. The van der Waals surface area contributed by atoms with E-state index in [1.165, 1.54) is 55.1 Å². The number of nitrogens with two attached hydrogens (primary N) is 2. The molecule has 42 nitrogen and oxygen atoms in total. The van der Waals surface area contributed by atoms with E-state index in [2.05, 4.69) is 76.7 Å². The predicted octanol–water partition coefficient (Wildman–Crippen LogP) is 0.462. The first kappa shape index (κ1) is 80.1. The average Bonchev–Trinajstić information content (AvgIpc) is 1.63. The zero-order valence-electron chi connectivity index (χ0n) is 57.0. The number of H-pyrrole nitrogens is 2. The number of aromatic amines is 2. The van der Waals surface area contributed by atoms with Crippen LogP contribution in [0.15, 0.2) is 80.5 Å². The van der Waals surface area contributed by atoms with Gasteiger partial charge in [0, 0.05) is 110 Å². The Balaban J connectivity index is 0.812. The van der Waals surface area contributed by atoms with E-state index in [1.807, 2.05) is 0 Å². The molecule has 5 aliphatic heterocycles. The number of hydrogen-bond donors (Lipinski definition) is 11. The van der Waals surface area contributed by atoms with Crippen molar-refractivity contribution in [2.75, 3.05) is 58.8 Å². The van der Waals surface area contributed by atoms with Crippen molar-refractivity contribution in [3.63, 3.8) is 0 Å². The van der Waals surface area contributed by atoms with E-state index in [0.717, 1.165) is 33.9 Å². The number of rotatable bonds is 25. The molecule has 3 amide bonds. The summed E-state index contributed by atoms with van der Waals surface area (Å²) in [6.07, 6.45) is -11.8. The first-order chi connectivity index (χ1) is 51.8.